The topological polar surface area (TPSA) is 55.4 Å². The molecule has 1 aromatic carbocycles. The summed E-state index contributed by atoms with van der Waals surface area (Å²) in [7, 11) is 0. The van der Waals surface area contributed by atoms with Crippen LogP contribution in [0, 0.1) is 12.3 Å². The Bertz CT molecular complexity index is 485. The summed E-state index contributed by atoms with van der Waals surface area (Å²) in [6.45, 7) is 3.62. The fourth-order valence-corrected chi connectivity index (χ4v) is 1.46. The number of carbonyl (C=O) groups is 2. The Kier molecular flexibility index (Phi) is 5.62. The zero-order valence-electron chi connectivity index (χ0n) is 11.1. The average Bonchev–Trinajstić information content (AvgIpc) is 2.44. The van der Waals surface area contributed by atoms with Crippen molar-refractivity contribution in [1.82, 2.24) is 5.32 Å². The van der Waals surface area contributed by atoms with Gasteiger partial charge in [0.25, 0.3) is 5.91 Å². The van der Waals surface area contributed by atoms with E-state index in [1.807, 2.05) is 6.92 Å². The van der Waals surface area contributed by atoms with Crippen molar-refractivity contribution in [3.63, 3.8) is 0 Å². The Labute approximate surface area is 113 Å². The van der Waals surface area contributed by atoms with Crippen molar-refractivity contribution in [1.29, 1.82) is 0 Å². The molecule has 0 aliphatic heterocycles. The summed E-state index contributed by atoms with van der Waals surface area (Å²) >= 11 is 0. The highest BCUT2D eigenvalue weighted by molar-refractivity contribution is 5.95. The van der Waals surface area contributed by atoms with Crippen molar-refractivity contribution in [2.75, 3.05) is 6.54 Å². The van der Waals surface area contributed by atoms with E-state index < -0.39 is 6.10 Å². The standard InChI is InChI=1S/C15H17NO3/c1-4-10-16-15(18)11(3)19-13-8-6-12(7-9-13)14(17)5-2/h1,6-9,11H,5,10H2,2-3H3,(H,16,18). The average molecular weight is 259 g/mol. The second-order valence-electron chi connectivity index (χ2n) is 3.98. The minimum absolute atomic E-state index is 0.0753. The van der Waals surface area contributed by atoms with Crippen LogP contribution < -0.4 is 10.1 Å². The Morgan fingerprint density at radius 3 is 2.53 bits per heavy atom. The first-order chi connectivity index (χ1) is 9.08. The van der Waals surface area contributed by atoms with Crippen LogP contribution in [-0.4, -0.2) is 24.3 Å². The van der Waals surface area contributed by atoms with Crippen molar-refractivity contribution >= 4 is 11.7 Å². The van der Waals surface area contributed by atoms with Crippen molar-refractivity contribution in [3.8, 4) is 18.1 Å². The number of rotatable bonds is 6. The van der Waals surface area contributed by atoms with Gasteiger partial charge in [0, 0.05) is 12.0 Å². The van der Waals surface area contributed by atoms with E-state index in [2.05, 4.69) is 11.2 Å². The Hall–Kier alpha value is -2.28. The number of amides is 1. The zero-order chi connectivity index (χ0) is 14.3. The summed E-state index contributed by atoms with van der Waals surface area (Å²) in [6, 6.07) is 6.72. The number of carbonyl (C=O) groups excluding carboxylic acids is 2. The van der Waals surface area contributed by atoms with E-state index in [9.17, 15) is 9.59 Å². The molecule has 0 fully saturated rings. The van der Waals surface area contributed by atoms with E-state index in [4.69, 9.17) is 11.2 Å². The molecule has 0 spiro atoms. The van der Waals surface area contributed by atoms with E-state index in [-0.39, 0.29) is 18.2 Å². The van der Waals surface area contributed by atoms with Crippen LogP contribution in [0.4, 0.5) is 0 Å². The maximum atomic E-state index is 11.5. The van der Waals surface area contributed by atoms with Crippen LogP contribution in [0.15, 0.2) is 24.3 Å². The van der Waals surface area contributed by atoms with Crippen LogP contribution in [-0.2, 0) is 4.79 Å². The second kappa shape index (κ2) is 7.22. The second-order valence-corrected chi connectivity index (χ2v) is 3.98. The van der Waals surface area contributed by atoms with Gasteiger partial charge in [-0.15, -0.1) is 6.42 Å². The predicted molar refractivity (Wildman–Crippen MR) is 73.0 cm³/mol. The molecule has 19 heavy (non-hydrogen) atoms. The molecule has 1 amide bonds. The fourth-order valence-electron chi connectivity index (χ4n) is 1.46. The van der Waals surface area contributed by atoms with Gasteiger partial charge in [-0.3, -0.25) is 9.59 Å². The molecule has 0 saturated heterocycles. The number of ketones is 1. The lowest BCUT2D eigenvalue weighted by molar-refractivity contribution is -0.126. The molecule has 0 aromatic heterocycles. The van der Waals surface area contributed by atoms with Crippen molar-refractivity contribution in [2.45, 2.75) is 26.4 Å². The van der Waals surface area contributed by atoms with E-state index in [0.717, 1.165) is 0 Å². The van der Waals surface area contributed by atoms with E-state index in [1.165, 1.54) is 0 Å². The molecule has 1 N–H and O–H groups in total. The van der Waals surface area contributed by atoms with Crippen LogP contribution in [0.5, 0.6) is 5.75 Å². The van der Waals surface area contributed by atoms with Crippen LogP contribution in [0.3, 0.4) is 0 Å². The largest absolute Gasteiger partial charge is 0.481 e. The highest BCUT2D eigenvalue weighted by Crippen LogP contribution is 2.15. The molecule has 0 radical (unpaired) electrons. The van der Waals surface area contributed by atoms with Gasteiger partial charge >= 0.3 is 0 Å². The van der Waals surface area contributed by atoms with Gasteiger partial charge in [-0.2, -0.15) is 0 Å². The predicted octanol–water partition coefficient (Wildman–Crippen LogP) is 1.80. The molecule has 0 aliphatic rings. The summed E-state index contributed by atoms with van der Waals surface area (Å²) in [4.78, 5) is 23.0. The van der Waals surface area contributed by atoms with Gasteiger partial charge in [0.2, 0.25) is 0 Å². The van der Waals surface area contributed by atoms with Crippen LogP contribution in [0.2, 0.25) is 0 Å². The molecule has 0 bridgehead atoms. The number of terminal acetylenes is 1. The van der Waals surface area contributed by atoms with Gasteiger partial charge in [0.1, 0.15) is 5.75 Å². The number of hydrogen-bond acceptors (Lipinski definition) is 3. The summed E-state index contributed by atoms with van der Waals surface area (Å²) in [5.41, 5.74) is 0.638. The Balaban J connectivity index is 2.60. The van der Waals surface area contributed by atoms with Crippen molar-refractivity contribution in [2.24, 2.45) is 0 Å². The molecule has 1 atom stereocenters. The van der Waals surface area contributed by atoms with E-state index in [0.29, 0.717) is 17.7 Å². The quantitative estimate of drug-likeness (QED) is 0.626. The summed E-state index contributed by atoms with van der Waals surface area (Å²) in [5.74, 6) is 2.66. The highest BCUT2D eigenvalue weighted by atomic mass is 16.5. The lowest BCUT2D eigenvalue weighted by atomic mass is 10.1. The van der Waals surface area contributed by atoms with Gasteiger partial charge in [0.05, 0.1) is 6.54 Å². The fraction of sp³-hybridized carbons (Fsp3) is 0.333. The molecule has 1 unspecified atom stereocenters. The number of Topliss-reactive ketones (excluding diaryl/α,β-unsaturated/α-hetero) is 1. The Morgan fingerprint density at radius 2 is 2.00 bits per heavy atom. The van der Waals surface area contributed by atoms with Crippen LogP contribution >= 0.6 is 0 Å². The first kappa shape index (κ1) is 14.8. The normalized spacial score (nSPS) is 11.2. The third-order valence-corrected chi connectivity index (χ3v) is 2.54. The maximum Gasteiger partial charge on any atom is 0.261 e. The smallest absolute Gasteiger partial charge is 0.261 e. The van der Waals surface area contributed by atoms with E-state index >= 15 is 0 Å². The lowest BCUT2D eigenvalue weighted by Gasteiger charge is -2.13. The van der Waals surface area contributed by atoms with Crippen molar-refractivity contribution < 1.29 is 14.3 Å². The SMILES string of the molecule is C#CCNC(=O)C(C)Oc1ccc(C(=O)CC)cc1. The number of hydrogen-bond donors (Lipinski definition) is 1. The lowest BCUT2D eigenvalue weighted by Crippen LogP contribution is -2.36. The number of benzene rings is 1. The first-order valence-electron chi connectivity index (χ1n) is 6.09. The molecule has 1 aromatic rings. The van der Waals surface area contributed by atoms with Gasteiger partial charge < -0.3 is 10.1 Å². The van der Waals surface area contributed by atoms with Gasteiger partial charge in [0.15, 0.2) is 11.9 Å². The molecule has 4 heteroatoms. The first-order valence-corrected chi connectivity index (χ1v) is 6.09. The molecule has 100 valence electrons. The minimum atomic E-state index is -0.638. The molecular weight excluding hydrogens is 242 g/mol. The van der Waals surface area contributed by atoms with Gasteiger partial charge in [-0.25, -0.2) is 0 Å². The molecule has 4 nitrogen and oxygen atoms in total. The minimum Gasteiger partial charge on any atom is -0.481 e. The van der Waals surface area contributed by atoms with E-state index in [1.54, 1.807) is 31.2 Å². The number of nitrogens with one attached hydrogen (secondary N) is 1. The molecule has 0 saturated carbocycles. The molecule has 1 rings (SSSR count). The number of ether oxygens (including phenoxy) is 1. The zero-order valence-corrected chi connectivity index (χ0v) is 11.1. The van der Waals surface area contributed by atoms with Crippen molar-refractivity contribution in [3.05, 3.63) is 29.8 Å². The monoisotopic (exact) mass is 259 g/mol. The summed E-state index contributed by atoms with van der Waals surface area (Å²) in [5, 5.41) is 2.54. The molecule has 0 heterocycles. The maximum absolute atomic E-state index is 11.5. The molecule has 0 aliphatic carbocycles. The highest BCUT2D eigenvalue weighted by Gasteiger charge is 2.13. The van der Waals surface area contributed by atoms with Crippen LogP contribution in [0.1, 0.15) is 30.6 Å². The molecular formula is C15H17NO3. The van der Waals surface area contributed by atoms with Crippen LogP contribution in [0.25, 0.3) is 0 Å². The van der Waals surface area contributed by atoms with Gasteiger partial charge in [-0.1, -0.05) is 12.8 Å². The Morgan fingerprint density at radius 1 is 1.37 bits per heavy atom. The summed E-state index contributed by atoms with van der Waals surface area (Å²) in [6.07, 6.45) is 4.88. The summed E-state index contributed by atoms with van der Waals surface area (Å²) < 4.78 is 5.45. The van der Waals surface area contributed by atoms with Gasteiger partial charge in [-0.05, 0) is 31.2 Å². The third-order valence-electron chi connectivity index (χ3n) is 2.54. The third kappa shape index (κ3) is 4.47.